The Morgan fingerprint density at radius 2 is 2.00 bits per heavy atom. The highest BCUT2D eigenvalue weighted by Crippen LogP contribution is 2.11. The lowest BCUT2D eigenvalue weighted by Crippen LogP contribution is -2.41. The molecule has 4 heteroatoms. The van der Waals surface area contributed by atoms with E-state index in [-0.39, 0.29) is 5.91 Å². The summed E-state index contributed by atoms with van der Waals surface area (Å²) in [6.07, 6.45) is 2.30. The SMILES string of the molecule is CCC[C@H](NC(=O)c1cccc(CC(C)C)c1)C(=O)OC. The van der Waals surface area contributed by atoms with Gasteiger partial charge < -0.3 is 10.1 Å². The molecule has 0 aliphatic carbocycles. The summed E-state index contributed by atoms with van der Waals surface area (Å²) in [4.78, 5) is 23.9. The maximum atomic E-state index is 12.3. The molecule has 0 fully saturated rings. The third-order valence-corrected chi connectivity index (χ3v) is 3.20. The van der Waals surface area contributed by atoms with Crippen LogP contribution in [0.25, 0.3) is 0 Å². The molecule has 1 N–H and O–H groups in total. The van der Waals surface area contributed by atoms with Gasteiger partial charge in [-0.25, -0.2) is 4.79 Å². The van der Waals surface area contributed by atoms with Crippen LogP contribution in [0.5, 0.6) is 0 Å². The highest BCUT2D eigenvalue weighted by atomic mass is 16.5. The minimum Gasteiger partial charge on any atom is -0.467 e. The fourth-order valence-corrected chi connectivity index (χ4v) is 2.23. The lowest BCUT2D eigenvalue weighted by molar-refractivity contribution is -0.143. The number of hydrogen-bond donors (Lipinski definition) is 1. The molecule has 1 amide bonds. The molecule has 0 radical (unpaired) electrons. The van der Waals surface area contributed by atoms with Gasteiger partial charge in [0.05, 0.1) is 7.11 Å². The lowest BCUT2D eigenvalue weighted by Gasteiger charge is -2.16. The molecule has 0 spiro atoms. The molecule has 21 heavy (non-hydrogen) atoms. The van der Waals surface area contributed by atoms with Crippen molar-refractivity contribution >= 4 is 11.9 Å². The zero-order valence-electron chi connectivity index (χ0n) is 13.3. The van der Waals surface area contributed by atoms with E-state index in [2.05, 4.69) is 19.2 Å². The second kappa shape index (κ2) is 8.45. The fraction of sp³-hybridized carbons (Fsp3) is 0.529. The van der Waals surface area contributed by atoms with Gasteiger partial charge in [-0.15, -0.1) is 0 Å². The summed E-state index contributed by atoms with van der Waals surface area (Å²) >= 11 is 0. The minimum atomic E-state index is -0.582. The second-order valence-electron chi connectivity index (χ2n) is 5.64. The van der Waals surface area contributed by atoms with Gasteiger partial charge in [-0.05, 0) is 36.5 Å². The first kappa shape index (κ1) is 17.2. The number of ether oxygens (including phenoxy) is 1. The maximum Gasteiger partial charge on any atom is 0.328 e. The Balaban J connectivity index is 2.80. The van der Waals surface area contributed by atoms with Gasteiger partial charge in [-0.2, -0.15) is 0 Å². The molecular weight excluding hydrogens is 266 g/mol. The number of esters is 1. The Bertz CT molecular complexity index is 483. The number of hydrogen-bond acceptors (Lipinski definition) is 3. The van der Waals surface area contributed by atoms with E-state index in [1.807, 2.05) is 25.1 Å². The van der Waals surface area contributed by atoms with Crippen molar-refractivity contribution < 1.29 is 14.3 Å². The number of nitrogens with one attached hydrogen (secondary N) is 1. The average Bonchev–Trinajstić information content (AvgIpc) is 2.45. The molecule has 0 bridgehead atoms. The van der Waals surface area contributed by atoms with Crippen LogP contribution in [0.3, 0.4) is 0 Å². The van der Waals surface area contributed by atoms with Crippen LogP contribution in [-0.2, 0) is 16.0 Å². The van der Waals surface area contributed by atoms with E-state index in [4.69, 9.17) is 4.74 Å². The third kappa shape index (κ3) is 5.58. The fourth-order valence-electron chi connectivity index (χ4n) is 2.23. The molecule has 1 atom stereocenters. The molecule has 0 unspecified atom stereocenters. The van der Waals surface area contributed by atoms with Crippen LogP contribution in [0.15, 0.2) is 24.3 Å². The normalized spacial score (nSPS) is 12.0. The van der Waals surface area contributed by atoms with E-state index in [1.54, 1.807) is 6.07 Å². The van der Waals surface area contributed by atoms with Crippen molar-refractivity contribution in [3.8, 4) is 0 Å². The predicted octanol–water partition coefficient (Wildman–Crippen LogP) is 2.96. The van der Waals surface area contributed by atoms with Gasteiger partial charge in [0.15, 0.2) is 0 Å². The van der Waals surface area contributed by atoms with Crippen LogP contribution in [-0.4, -0.2) is 25.0 Å². The van der Waals surface area contributed by atoms with Gasteiger partial charge in [-0.1, -0.05) is 39.3 Å². The summed E-state index contributed by atoms with van der Waals surface area (Å²) in [5, 5.41) is 2.75. The van der Waals surface area contributed by atoms with Crippen molar-refractivity contribution in [2.75, 3.05) is 7.11 Å². The van der Waals surface area contributed by atoms with Crippen LogP contribution >= 0.6 is 0 Å². The molecule has 0 saturated heterocycles. The molecule has 0 saturated carbocycles. The molecule has 4 nitrogen and oxygen atoms in total. The zero-order chi connectivity index (χ0) is 15.8. The summed E-state index contributed by atoms with van der Waals surface area (Å²) in [5.41, 5.74) is 1.71. The molecular formula is C17H25NO3. The van der Waals surface area contributed by atoms with Crippen LogP contribution in [0.4, 0.5) is 0 Å². The Morgan fingerprint density at radius 1 is 1.29 bits per heavy atom. The average molecular weight is 291 g/mol. The molecule has 0 aromatic heterocycles. The van der Waals surface area contributed by atoms with Gasteiger partial charge >= 0.3 is 5.97 Å². The quantitative estimate of drug-likeness (QED) is 0.786. The number of amides is 1. The second-order valence-corrected chi connectivity index (χ2v) is 5.64. The van der Waals surface area contributed by atoms with Crippen LogP contribution in [0.2, 0.25) is 0 Å². The zero-order valence-corrected chi connectivity index (χ0v) is 13.3. The maximum absolute atomic E-state index is 12.3. The van der Waals surface area contributed by atoms with E-state index in [0.717, 1.165) is 18.4 Å². The van der Waals surface area contributed by atoms with Crippen LogP contribution in [0, 0.1) is 5.92 Å². The standard InChI is InChI=1S/C17H25NO3/c1-5-7-15(17(20)21-4)18-16(19)14-9-6-8-13(11-14)10-12(2)3/h6,8-9,11-12,15H,5,7,10H2,1-4H3,(H,18,19)/t15-/m0/s1. The summed E-state index contributed by atoms with van der Waals surface area (Å²) < 4.78 is 4.72. The smallest absolute Gasteiger partial charge is 0.328 e. The summed E-state index contributed by atoms with van der Waals surface area (Å²) in [6.45, 7) is 6.24. The molecule has 1 rings (SSSR count). The Labute approximate surface area is 126 Å². The first-order valence-corrected chi connectivity index (χ1v) is 7.45. The predicted molar refractivity (Wildman–Crippen MR) is 83.2 cm³/mol. The van der Waals surface area contributed by atoms with E-state index >= 15 is 0 Å². The summed E-state index contributed by atoms with van der Waals surface area (Å²) in [5.74, 6) is -0.0980. The molecule has 0 heterocycles. The first-order chi connectivity index (χ1) is 9.97. The lowest BCUT2D eigenvalue weighted by atomic mass is 10.0. The van der Waals surface area contributed by atoms with E-state index in [0.29, 0.717) is 17.9 Å². The van der Waals surface area contributed by atoms with Gasteiger partial charge in [0, 0.05) is 5.56 Å². The van der Waals surface area contributed by atoms with Gasteiger partial charge in [0.25, 0.3) is 5.91 Å². The van der Waals surface area contributed by atoms with Crippen molar-refractivity contribution in [2.45, 2.75) is 46.1 Å². The van der Waals surface area contributed by atoms with Crippen molar-refractivity contribution in [1.82, 2.24) is 5.32 Å². The van der Waals surface area contributed by atoms with Crippen molar-refractivity contribution in [3.05, 3.63) is 35.4 Å². The van der Waals surface area contributed by atoms with Crippen molar-refractivity contribution in [1.29, 1.82) is 0 Å². The van der Waals surface area contributed by atoms with Gasteiger partial charge in [0.2, 0.25) is 0 Å². The summed E-state index contributed by atoms with van der Waals surface area (Å²) in [7, 11) is 1.33. The topological polar surface area (TPSA) is 55.4 Å². The third-order valence-electron chi connectivity index (χ3n) is 3.20. The largest absolute Gasteiger partial charge is 0.467 e. The van der Waals surface area contributed by atoms with Crippen molar-refractivity contribution in [3.63, 3.8) is 0 Å². The van der Waals surface area contributed by atoms with Gasteiger partial charge in [-0.3, -0.25) is 4.79 Å². The van der Waals surface area contributed by atoms with E-state index < -0.39 is 12.0 Å². The minimum absolute atomic E-state index is 0.232. The highest BCUT2D eigenvalue weighted by molar-refractivity contribution is 5.96. The monoisotopic (exact) mass is 291 g/mol. The highest BCUT2D eigenvalue weighted by Gasteiger charge is 2.21. The molecule has 0 aliphatic heterocycles. The van der Waals surface area contributed by atoms with Crippen LogP contribution in [0.1, 0.15) is 49.5 Å². The van der Waals surface area contributed by atoms with E-state index in [9.17, 15) is 9.59 Å². The number of rotatable bonds is 7. The number of carbonyl (C=O) groups excluding carboxylic acids is 2. The number of carbonyl (C=O) groups is 2. The molecule has 1 aromatic carbocycles. The number of methoxy groups -OCH3 is 1. The van der Waals surface area contributed by atoms with Crippen molar-refractivity contribution in [2.24, 2.45) is 5.92 Å². The molecule has 116 valence electrons. The molecule has 1 aromatic rings. The summed E-state index contributed by atoms with van der Waals surface area (Å²) in [6, 6.07) is 6.95. The Hall–Kier alpha value is -1.84. The number of benzene rings is 1. The first-order valence-electron chi connectivity index (χ1n) is 7.45. The molecule has 0 aliphatic rings. The van der Waals surface area contributed by atoms with Gasteiger partial charge in [0.1, 0.15) is 6.04 Å². The Kier molecular flexibility index (Phi) is 6.92. The van der Waals surface area contributed by atoms with E-state index in [1.165, 1.54) is 7.11 Å². The Morgan fingerprint density at radius 3 is 2.57 bits per heavy atom. The van der Waals surface area contributed by atoms with Crippen LogP contribution < -0.4 is 5.32 Å².